The van der Waals surface area contributed by atoms with Gasteiger partial charge in [-0.1, -0.05) is 6.92 Å². The van der Waals surface area contributed by atoms with Crippen LogP contribution in [0.1, 0.15) is 24.7 Å². The number of anilines is 1. The van der Waals surface area contributed by atoms with Crippen molar-refractivity contribution < 1.29 is 4.39 Å². The van der Waals surface area contributed by atoms with E-state index in [0.29, 0.717) is 17.8 Å². The van der Waals surface area contributed by atoms with E-state index >= 15 is 0 Å². The Morgan fingerprint density at radius 3 is 3.00 bits per heavy atom. The lowest BCUT2D eigenvalue weighted by atomic mass is 10.2. The molecule has 4 nitrogen and oxygen atoms in total. The molecule has 0 fully saturated rings. The van der Waals surface area contributed by atoms with Crippen molar-refractivity contribution in [2.45, 2.75) is 26.4 Å². The van der Waals surface area contributed by atoms with Crippen molar-refractivity contribution in [2.75, 3.05) is 5.32 Å². The quantitative estimate of drug-likeness (QED) is 0.897. The number of nitrogens with one attached hydrogen (secondary N) is 1. The van der Waals surface area contributed by atoms with E-state index in [1.54, 1.807) is 18.3 Å². The fraction of sp³-hybridized carbons (Fsp3) is 0.286. The van der Waals surface area contributed by atoms with Gasteiger partial charge in [-0.2, -0.15) is 5.26 Å². The van der Waals surface area contributed by atoms with E-state index in [2.05, 4.69) is 17.2 Å². The molecule has 0 amide bonds. The molecule has 0 saturated carbocycles. The topological polar surface area (TPSA) is 53.6 Å². The zero-order chi connectivity index (χ0) is 13.7. The van der Waals surface area contributed by atoms with Crippen LogP contribution in [0.15, 0.2) is 30.6 Å². The third-order valence-corrected chi connectivity index (χ3v) is 2.80. The van der Waals surface area contributed by atoms with Crippen molar-refractivity contribution in [3.63, 3.8) is 0 Å². The molecular formula is C14H15FN4. The molecule has 1 N–H and O–H groups in total. The van der Waals surface area contributed by atoms with Crippen molar-refractivity contribution in [3.05, 3.63) is 47.8 Å². The van der Waals surface area contributed by atoms with Gasteiger partial charge in [-0.25, -0.2) is 9.37 Å². The van der Waals surface area contributed by atoms with E-state index < -0.39 is 5.82 Å². The number of imidazole rings is 1. The van der Waals surface area contributed by atoms with E-state index in [1.807, 2.05) is 16.8 Å². The molecule has 0 bridgehead atoms. The molecule has 2 aromatic rings. The molecule has 0 saturated heterocycles. The van der Waals surface area contributed by atoms with E-state index in [-0.39, 0.29) is 0 Å². The van der Waals surface area contributed by atoms with Gasteiger partial charge in [0.1, 0.15) is 11.6 Å². The van der Waals surface area contributed by atoms with Crippen molar-refractivity contribution in [3.8, 4) is 6.07 Å². The zero-order valence-corrected chi connectivity index (χ0v) is 10.7. The summed E-state index contributed by atoms with van der Waals surface area (Å²) < 4.78 is 15.7. The Bertz CT molecular complexity index is 598. The number of hydrogen-bond donors (Lipinski definition) is 1. The molecule has 0 atom stereocenters. The largest absolute Gasteiger partial charge is 0.375 e. The smallest absolute Gasteiger partial charge is 0.147 e. The van der Waals surface area contributed by atoms with Crippen molar-refractivity contribution in [1.29, 1.82) is 5.26 Å². The highest BCUT2D eigenvalue weighted by molar-refractivity contribution is 5.48. The number of benzene rings is 1. The molecule has 98 valence electrons. The first-order valence-corrected chi connectivity index (χ1v) is 6.18. The van der Waals surface area contributed by atoms with Crippen LogP contribution in [0.25, 0.3) is 0 Å². The summed E-state index contributed by atoms with van der Waals surface area (Å²) in [4.78, 5) is 4.24. The second kappa shape index (κ2) is 6.01. The highest BCUT2D eigenvalue weighted by Crippen LogP contribution is 2.16. The molecule has 0 spiro atoms. The minimum Gasteiger partial charge on any atom is -0.375 e. The second-order valence-electron chi connectivity index (χ2n) is 4.20. The van der Waals surface area contributed by atoms with Crippen LogP contribution >= 0.6 is 0 Å². The van der Waals surface area contributed by atoms with Crippen LogP contribution in [0, 0.1) is 17.1 Å². The van der Waals surface area contributed by atoms with Gasteiger partial charge in [0.15, 0.2) is 0 Å². The maximum Gasteiger partial charge on any atom is 0.147 e. The highest BCUT2D eigenvalue weighted by Gasteiger charge is 2.06. The fourth-order valence-electron chi connectivity index (χ4n) is 1.85. The number of aryl methyl sites for hydroxylation is 1. The molecule has 0 aliphatic heterocycles. The Labute approximate surface area is 111 Å². The first kappa shape index (κ1) is 13.1. The second-order valence-corrected chi connectivity index (χ2v) is 4.20. The average molecular weight is 258 g/mol. The number of aromatic nitrogens is 2. The molecule has 1 aromatic carbocycles. The number of halogens is 1. The molecule has 0 aliphatic rings. The van der Waals surface area contributed by atoms with Gasteiger partial charge in [0.05, 0.1) is 23.9 Å². The molecular weight excluding hydrogens is 243 g/mol. The third kappa shape index (κ3) is 3.10. The SMILES string of the molecule is CCCn1ccnc1CNc1ccc(C#N)cc1F. The Kier molecular flexibility index (Phi) is 4.14. The summed E-state index contributed by atoms with van der Waals surface area (Å²) in [6.45, 7) is 3.44. The Morgan fingerprint density at radius 2 is 2.32 bits per heavy atom. The van der Waals surface area contributed by atoms with Crippen LogP contribution < -0.4 is 5.32 Å². The monoisotopic (exact) mass is 258 g/mol. The molecule has 1 aromatic heterocycles. The maximum atomic E-state index is 13.7. The Balaban J connectivity index is 2.06. The average Bonchev–Trinajstić information content (AvgIpc) is 2.85. The van der Waals surface area contributed by atoms with Crippen molar-refractivity contribution in [2.24, 2.45) is 0 Å². The predicted octanol–water partition coefficient (Wildman–Crippen LogP) is 2.92. The van der Waals surface area contributed by atoms with E-state index in [4.69, 9.17) is 5.26 Å². The summed E-state index contributed by atoms with van der Waals surface area (Å²) in [5.41, 5.74) is 0.695. The van der Waals surface area contributed by atoms with Gasteiger partial charge in [0, 0.05) is 18.9 Å². The van der Waals surface area contributed by atoms with E-state index in [1.165, 1.54) is 6.07 Å². The Morgan fingerprint density at radius 1 is 1.47 bits per heavy atom. The number of nitrogens with zero attached hydrogens (tertiary/aromatic N) is 3. The van der Waals surface area contributed by atoms with Crippen LogP contribution in [-0.4, -0.2) is 9.55 Å². The van der Waals surface area contributed by atoms with E-state index in [9.17, 15) is 4.39 Å². The highest BCUT2D eigenvalue weighted by atomic mass is 19.1. The minimum atomic E-state index is -0.423. The number of nitriles is 1. The normalized spacial score (nSPS) is 10.2. The minimum absolute atomic E-state index is 0.315. The van der Waals surface area contributed by atoms with E-state index in [0.717, 1.165) is 18.8 Å². The predicted molar refractivity (Wildman–Crippen MR) is 71.0 cm³/mol. The molecule has 0 aliphatic carbocycles. The standard InChI is InChI=1S/C14H15FN4/c1-2-6-19-7-5-17-14(19)10-18-13-4-3-11(9-16)8-12(13)15/h3-5,7-8,18H,2,6,10H2,1H3. The summed E-state index contributed by atoms with van der Waals surface area (Å²) in [5.74, 6) is 0.443. The first-order valence-electron chi connectivity index (χ1n) is 6.18. The summed E-state index contributed by atoms with van der Waals surface area (Å²) in [7, 11) is 0. The fourth-order valence-corrected chi connectivity index (χ4v) is 1.85. The lowest BCUT2D eigenvalue weighted by Gasteiger charge is -2.09. The van der Waals surface area contributed by atoms with Crippen LogP contribution in [0.5, 0.6) is 0 Å². The summed E-state index contributed by atoms with van der Waals surface area (Å²) in [6, 6.07) is 6.29. The molecule has 0 unspecified atom stereocenters. The molecule has 0 radical (unpaired) electrons. The zero-order valence-electron chi connectivity index (χ0n) is 10.7. The number of hydrogen-bond acceptors (Lipinski definition) is 3. The molecule has 2 rings (SSSR count). The lowest BCUT2D eigenvalue weighted by molar-refractivity contribution is 0.624. The molecule has 5 heteroatoms. The maximum absolute atomic E-state index is 13.7. The Hall–Kier alpha value is -2.35. The molecule has 19 heavy (non-hydrogen) atoms. The van der Waals surface area contributed by atoms with Gasteiger partial charge in [-0.15, -0.1) is 0 Å². The van der Waals surface area contributed by atoms with Gasteiger partial charge >= 0.3 is 0 Å². The van der Waals surface area contributed by atoms with Crippen molar-refractivity contribution >= 4 is 5.69 Å². The number of rotatable bonds is 5. The van der Waals surface area contributed by atoms with Gasteiger partial charge in [-0.3, -0.25) is 0 Å². The molecule has 1 heterocycles. The third-order valence-electron chi connectivity index (χ3n) is 2.80. The first-order chi connectivity index (χ1) is 9.24. The van der Waals surface area contributed by atoms with Gasteiger partial charge in [-0.05, 0) is 24.6 Å². The van der Waals surface area contributed by atoms with Crippen LogP contribution in [-0.2, 0) is 13.1 Å². The van der Waals surface area contributed by atoms with Crippen LogP contribution in [0.3, 0.4) is 0 Å². The summed E-state index contributed by atoms with van der Waals surface area (Å²) in [5, 5.41) is 11.7. The summed E-state index contributed by atoms with van der Waals surface area (Å²) in [6.07, 6.45) is 4.67. The van der Waals surface area contributed by atoms with Crippen LogP contribution in [0.2, 0.25) is 0 Å². The lowest BCUT2D eigenvalue weighted by Crippen LogP contribution is -2.09. The van der Waals surface area contributed by atoms with Crippen LogP contribution in [0.4, 0.5) is 10.1 Å². The van der Waals surface area contributed by atoms with Crippen molar-refractivity contribution in [1.82, 2.24) is 9.55 Å². The van der Waals surface area contributed by atoms with Gasteiger partial charge in [0.2, 0.25) is 0 Å². The van der Waals surface area contributed by atoms with Gasteiger partial charge < -0.3 is 9.88 Å². The van der Waals surface area contributed by atoms with Gasteiger partial charge in [0.25, 0.3) is 0 Å². The summed E-state index contributed by atoms with van der Waals surface area (Å²) >= 11 is 0.